The van der Waals surface area contributed by atoms with E-state index >= 15 is 0 Å². The quantitative estimate of drug-likeness (QED) is 0.845. The Balaban J connectivity index is 2.20. The number of nitrogens with one attached hydrogen (secondary N) is 1. The van der Waals surface area contributed by atoms with Crippen molar-refractivity contribution >= 4 is 11.6 Å². The van der Waals surface area contributed by atoms with Gasteiger partial charge in [0.05, 0.1) is 16.9 Å². The highest BCUT2D eigenvalue weighted by Gasteiger charge is 2.06. The number of hydrogen-bond acceptors (Lipinski definition) is 3. The highest BCUT2D eigenvalue weighted by molar-refractivity contribution is 6.31. The topological polar surface area (TPSA) is 42.7 Å². The van der Waals surface area contributed by atoms with E-state index in [0.717, 1.165) is 30.0 Å². The lowest BCUT2D eigenvalue weighted by atomic mass is 10.3. The van der Waals surface area contributed by atoms with E-state index in [-0.39, 0.29) is 0 Å². The van der Waals surface area contributed by atoms with Crippen LogP contribution in [0.25, 0.3) is 5.82 Å². The van der Waals surface area contributed by atoms with Gasteiger partial charge in [-0.25, -0.2) is 9.67 Å². The van der Waals surface area contributed by atoms with Gasteiger partial charge in [-0.2, -0.15) is 5.10 Å². The summed E-state index contributed by atoms with van der Waals surface area (Å²) in [7, 11) is 0. The Bertz CT molecular complexity index is 521. The lowest BCUT2D eigenvalue weighted by molar-refractivity contribution is 0.661. The first-order valence-electron chi connectivity index (χ1n) is 6.08. The Morgan fingerprint density at radius 3 is 2.89 bits per heavy atom. The van der Waals surface area contributed by atoms with Crippen molar-refractivity contribution in [2.24, 2.45) is 0 Å². The summed E-state index contributed by atoms with van der Waals surface area (Å²) in [6.45, 7) is 5.78. The van der Waals surface area contributed by atoms with E-state index < -0.39 is 0 Å². The van der Waals surface area contributed by atoms with Crippen LogP contribution in [0.1, 0.15) is 24.6 Å². The van der Waals surface area contributed by atoms with E-state index in [9.17, 15) is 0 Å². The van der Waals surface area contributed by atoms with Crippen molar-refractivity contribution in [3.8, 4) is 5.82 Å². The molecule has 0 saturated heterocycles. The minimum absolute atomic E-state index is 0.681. The molecule has 0 spiro atoms. The minimum Gasteiger partial charge on any atom is -0.311 e. The van der Waals surface area contributed by atoms with E-state index in [4.69, 9.17) is 11.6 Å². The molecule has 1 N–H and O–H groups in total. The summed E-state index contributed by atoms with van der Waals surface area (Å²) >= 11 is 6.14. The van der Waals surface area contributed by atoms with E-state index in [2.05, 4.69) is 22.3 Å². The first-order valence-corrected chi connectivity index (χ1v) is 6.46. The van der Waals surface area contributed by atoms with E-state index in [0.29, 0.717) is 11.6 Å². The van der Waals surface area contributed by atoms with Crippen molar-refractivity contribution in [3.05, 3.63) is 40.8 Å². The molecule has 0 aliphatic carbocycles. The number of hydrogen-bond donors (Lipinski definition) is 1. The van der Waals surface area contributed by atoms with Crippen LogP contribution < -0.4 is 5.32 Å². The summed E-state index contributed by atoms with van der Waals surface area (Å²) in [5, 5.41) is 8.23. The zero-order valence-corrected chi connectivity index (χ0v) is 11.4. The first-order chi connectivity index (χ1) is 8.70. The predicted molar refractivity (Wildman–Crippen MR) is 73.1 cm³/mol. The third-order valence-corrected chi connectivity index (χ3v) is 2.91. The average Bonchev–Trinajstić information content (AvgIpc) is 2.78. The number of aromatic nitrogens is 3. The summed E-state index contributed by atoms with van der Waals surface area (Å²) in [6, 6.07) is 3.74. The lowest BCUT2D eigenvalue weighted by Gasteiger charge is -2.07. The van der Waals surface area contributed by atoms with Crippen LogP contribution in [0.3, 0.4) is 0 Å². The van der Waals surface area contributed by atoms with Gasteiger partial charge in [-0.05, 0) is 37.6 Å². The van der Waals surface area contributed by atoms with Gasteiger partial charge < -0.3 is 5.32 Å². The molecule has 0 amide bonds. The normalized spacial score (nSPS) is 10.8. The maximum atomic E-state index is 6.14. The van der Waals surface area contributed by atoms with Gasteiger partial charge in [-0.3, -0.25) is 0 Å². The standard InChI is InChI=1S/C13H17ClN4/c1-3-6-15-8-12-11(14)4-5-13(17-12)18-9-10(2)7-16-18/h4-5,7,9,15H,3,6,8H2,1-2H3. The van der Waals surface area contributed by atoms with Crippen LogP contribution in [0.5, 0.6) is 0 Å². The summed E-state index contributed by atoms with van der Waals surface area (Å²) in [4.78, 5) is 4.53. The van der Waals surface area contributed by atoms with E-state index in [1.807, 2.05) is 31.5 Å². The smallest absolute Gasteiger partial charge is 0.153 e. The Hall–Kier alpha value is -1.39. The van der Waals surface area contributed by atoms with Gasteiger partial charge in [0.2, 0.25) is 0 Å². The zero-order chi connectivity index (χ0) is 13.0. The minimum atomic E-state index is 0.681. The van der Waals surface area contributed by atoms with Crippen molar-refractivity contribution < 1.29 is 0 Å². The molecule has 2 heterocycles. The van der Waals surface area contributed by atoms with Crippen molar-refractivity contribution in [2.75, 3.05) is 6.54 Å². The Kier molecular flexibility index (Phi) is 4.33. The van der Waals surface area contributed by atoms with E-state index in [1.165, 1.54) is 0 Å². The van der Waals surface area contributed by atoms with Gasteiger partial charge in [0.25, 0.3) is 0 Å². The lowest BCUT2D eigenvalue weighted by Crippen LogP contribution is -2.16. The highest BCUT2D eigenvalue weighted by Crippen LogP contribution is 2.16. The Labute approximate surface area is 112 Å². The van der Waals surface area contributed by atoms with Gasteiger partial charge in [0, 0.05) is 12.7 Å². The Morgan fingerprint density at radius 2 is 2.22 bits per heavy atom. The number of pyridine rings is 1. The summed E-state index contributed by atoms with van der Waals surface area (Å²) in [6.07, 6.45) is 4.85. The molecule has 0 bridgehead atoms. The second-order valence-electron chi connectivity index (χ2n) is 4.24. The zero-order valence-electron chi connectivity index (χ0n) is 10.7. The molecular formula is C13H17ClN4. The molecule has 2 aromatic heterocycles. The monoisotopic (exact) mass is 264 g/mol. The molecule has 0 aliphatic rings. The maximum absolute atomic E-state index is 6.14. The number of nitrogens with zero attached hydrogens (tertiary/aromatic N) is 3. The molecular weight excluding hydrogens is 248 g/mol. The molecule has 0 fully saturated rings. The van der Waals surface area contributed by atoms with Crippen molar-refractivity contribution in [2.45, 2.75) is 26.8 Å². The molecule has 0 saturated carbocycles. The summed E-state index contributed by atoms with van der Waals surface area (Å²) in [5.74, 6) is 0.792. The third kappa shape index (κ3) is 3.09. The van der Waals surface area contributed by atoms with Crippen LogP contribution in [0.4, 0.5) is 0 Å². The molecule has 96 valence electrons. The van der Waals surface area contributed by atoms with Gasteiger partial charge in [0.15, 0.2) is 5.82 Å². The number of rotatable bonds is 5. The molecule has 0 atom stereocenters. The average molecular weight is 265 g/mol. The van der Waals surface area contributed by atoms with Crippen LogP contribution in [-0.2, 0) is 6.54 Å². The molecule has 0 aliphatic heterocycles. The number of halogens is 1. The fourth-order valence-corrected chi connectivity index (χ4v) is 1.82. The van der Waals surface area contributed by atoms with Gasteiger partial charge in [-0.15, -0.1) is 0 Å². The van der Waals surface area contributed by atoms with Gasteiger partial charge >= 0.3 is 0 Å². The van der Waals surface area contributed by atoms with Crippen LogP contribution in [0, 0.1) is 6.92 Å². The maximum Gasteiger partial charge on any atom is 0.153 e. The molecule has 0 aromatic carbocycles. The molecule has 4 nitrogen and oxygen atoms in total. The molecule has 2 rings (SSSR count). The molecule has 18 heavy (non-hydrogen) atoms. The largest absolute Gasteiger partial charge is 0.311 e. The fourth-order valence-electron chi connectivity index (χ4n) is 1.65. The second-order valence-corrected chi connectivity index (χ2v) is 4.64. The highest BCUT2D eigenvalue weighted by atomic mass is 35.5. The predicted octanol–water partition coefficient (Wildman–Crippen LogP) is 2.73. The first kappa shape index (κ1) is 13.1. The van der Waals surface area contributed by atoms with Crippen molar-refractivity contribution in [1.82, 2.24) is 20.1 Å². The second kappa shape index (κ2) is 5.98. The number of aryl methyl sites for hydroxylation is 1. The summed E-state index contributed by atoms with van der Waals surface area (Å²) in [5.41, 5.74) is 1.97. The third-order valence-electron chi connectivity index (χ3n) is 2.57. The fraction of sp³-hybridized carbons (Fsp3) is 0.385. The van der Waals surface area contributed by atoms with Crippen LogP contribution >= 0.6 is 11.6 Å². The summed E-state index contributed by atoms with van der Waals surface area (Å²) < 4.78 is 1.76. The molecule has 5 heteroatoms. The van der Waals surface area contributed by atoms with Crippen LogP contribution in [-0.4, -0.2) is 21.3 Å². The van der Waals surface area contributed by atoms with Crippen LogP contribution in [0.2, 0.25) is 5.02 Å². The Morgan fingerprint density at radius 1 is 1.39 bits per heavy atom. The van der Waals surface area contributed by atoms with E-state index in [1.54, 1.807) is 4.68 Å². The van der Waals surface area contributed by atoms with Crippen LogP contribution in [0.15, 0.2) is 24.5 Å². The van der Waals surface area contributed by atoms with Gasteiger partial charge in [0.1, 0.15) is 0 Å². The molecule has 2 aromatic rings. The van der Waals surface area contributed by atoms with Crippen molar-refractivity contribution in [3.63, 3.8) is 0 Å². The van der Waals surface area contributed by atoms with Crippen molar-refractivity contribution in [1.29, 1.82) is 0 Å². The SMILES string of the molecule is CCCNCc1nc(-n2cc(C)cn2)ccc1Cl. The molecule has 0 unspecified atom stereocenters. The molecule has 0 radical (unpaired) electrons. The van der Waals surface area contributed by atoms with Gasteiger partial charge in [-0.1, -0.05) is 18.5 Å².